The van der Waals surface area contributed by atoms with Crippen molar-refractivity contribution in [2.24, 2.45) is 5.92 Å². The first-order valence-electron chi connectivity index (χ1n) is 6.88. The molecule has 0 aliphatic carbocycles. The highest BCUT2D eigenvalue weighted by atomic mass is 35.5. The number of amides is 1. The number of rotatable bonds is 4. The third kappa shape index (κ3) is 3.59. The van der Waals surface area contributed by atoms with E-state index in [1.807, 2.05) is 0 Å². The van der Waals surface area contributed by atoms with Gasteiger partial charge in [0.05, 0.1) is 12.1 Å². The van der Waals surface area contributed by atoms with Crippen LogP contribution in [0.2, 0.25) is 0 Å². The van der Waals surface area contributed by atoms with Gasteiger partial charge in [0.1, 0.15) is 0 Å². The van der Waals surface area contributed by atoms with Crippen molar-refractivity contribution in [3.05, 3.63) is 0 Å². The minimum atomic E-state index is -0.296. The van der Waals surface area contributed by atoms with Crippen molar-refractivity contribution in [2.75, 3.05) is 26.3 Å². The Labute approximate surface area is 116 Å². The van der Waals surface area contributed by atoms with Crippen molar-refractivity contribution in [3.63, 3.8) is 0 Å². The zero-order valence-electron chi connectivity index (χ0n) is 11.2. The summed E-state index contributed by atoms with van der Waals surface area (Å²) in [5.74, 6) is 0.686. The van der Waals surface area contributed by atoms with Crippen LogP contribution >= 0.6 is 12.4 Å². The van der Waals surface area contributed by atoms with E-state index in [1.165, 1.54) is 6.42 Å². The Bertz CT molecular complexity index is 262. The topological polar surface area (TPSA) is 50.4 Å². The molecule has 2 unspecified atom stereocenters. The molecule has 1 amide bonds. The standard InChI is InChI=1S/C13H24N2O2.ClH/c1-2-13(6-4-7-15-13)12(16)14-9-11-5-3-8-17-10-11;/h11,15H,2-10H2,1H3,(H,14,16);1H. The van der Waals surface area contributed by atoms with Crippen molar-refractivity contribution >= 4 is 18.3 Å². The van der Waals surface area contributed by atoms with E-state index >= 15 is 0 Å². The van der Waals surface area contributed by atoms with Gasteiger partial charge in [0.15, 0.2) is 0 Å². The van der Waals surface area contributed by atoms with E-state index < -0.39 is 0 Å². The van der Waals surface area contributed by atoms with Crippen LogP contribution in [-0.2, 0) is 9.53 Å². The Kier molecular flexibility index (Phi) is 6.39. The smallest absolute Gasteiger partial charge is 0.240 e. The van der Waals surface area contributed by atoms with Crippen molar-refractivity contribution < 1.29 is 9.53 Å². The van der Waals surface area contributed by atoms with E-state index in [0.29, 0.717) is 5.92 Å². The minimum Gasteiger partial charge on any atom is -0.381 e. The minimum absolute atomic E-state index is 0. The molecule has 0 spiro atoms. The molecule has 0 aromatic carbocycles. The van der Waals surface area contributed by atoms with Gasteiger partial charge in [0.25, 0.3) is 0 Å². The van der Waals surface area contributed by atoms with Crippen molar-refractivity contribution in [3.8, 4) is 0 Å². The normalized spacial score (nSPS) is 31.7. The summed E-state index contributed by atoms with van der Waals surface area (Å²) in [7, 11) is 0. The maximum atomic E-state index is 12.2. The molecule has 2 fully saturated rings. The molecule has 0 bridgehead atoms. The lowest BCUT2D eigenvalue weighted by atomic mass is 9.92. The Morgan fingerprint density at radius 3 is 2.89 bits per heavy atom. The van der Waals surface area contributed by atoms with Gasteiger partial charge in [-0.1, -0.05) is 6.92 Å². The summed E-state index contributed by atoms with van der Waals surface area (Å²) in [4.78, 5) is 12.2. The molecule has 0 aromatic heterocycles. The summed E-state index contributed by atoms with van der Waals surface area (Å²) >= 11 is 0. The Hall–Kier alpha value is -0.320. The first-order valence-corrected chi connectivity index (χ1v) is 6.88. The Morgan fingerprint density at radius 1 is 1.50 bits per heavy atom. The first-order chi connectivity index (χ1) is 8.27. The summed E-state index contributed by atoms with van der Waals surface area (Å²) in [6.07, 6.45) is 5.24. The molecule has 0 aromatic rings. The van der Waals surface area contributed by atoms with E-state index in [4.69, 9.17) is 4.74 Å². The van der Waals surface area contributed by atoms with E-state index in [2.05, 4.69) is 17.6 Å². The number of carbonyl (C=O) groups excluding carboxylic acids is 1. The molecule has 2 aliphatic rings. The fourth-order valence-electron chi connectivity index (χ4n) is 2.84. The van der Waals surface area contributed by atoms with Gasteiger partial charge in [0.2, 0.25) is 5.91 Å². The predicted molar refractivity (Wildman–Crippen MR) is 74.1 cm³/mol. The van der Waals surface area contributed by atoms with Crippen molar-refractivity contribution in [2.45, 2.75) is 44.6 Å². The number of hydrogen-bond donors (Lipinski definition) is 2. The maximum Gasteiger partial charge on any atom is 0.240 e. The van der Waals surface area contributed by atoms with Crippen LogP contribution < -0.4 is 10.6 Å². The van der Waals surface area contributed by atoms with E-state index in [1.54, 1.807) is 0 Å². The highest BCUT2D eigenvalue weighted by Gasteiger charge is 2.38. The van der Waals surface area contributed by atoms with E-state index in [9.17, 15) is 4.79 Å². The van der Waals surface area contributed by atoms with Crippen LogP contribution in [0.3, 0.4) is 0 Å². The monoisotopic (exact) mass is 276 g/mol. The lowest BCUT2D eigenvalue weighted by Crippen LogP contribution is -2.54. The van der Waals surface area contributed by atoms with Crippen LogP contribution in [0.25, 0.3) is 0 Å². The number of ether oxygens (including phenoxy) is 1. The SMILES string of the molecule is CCC1(C(=O)NCC2CCCOC2)CCCN1.Cl. The molecule has 2 N–H and O–H groups in total. The third-order valence-electron chi connectivity index (χ3n) is 4.09. The molecular weight excluding hydrogens is 252 g/mol. The molecule has 2 heterocycles. The van der Waals surface area contributed by atoms with Crippen LogP contribution in [0.4, 0.5) is 0 Å². The van der Waals surface area contributed by atoms with Gasteiger partial charge in [-0.05, 0) is 44.6 Å². The molecule has 2 rings (SSSR count). The Morgan fingerprint density at radius 2 is 2.33 bits per heavy atom. The molecule has 2 aliphatic heterocycles. The van der Waals surface area contributed by atoms with Crippen molar-refractivity contribution in [1.82, 2.24) is 10.6 Å². The zero-order valence-corrected chi connectivity index (χ0v) is 12.0. The largest absolute Gasteiger partial charge is 0.381 e. The van der Waals surface area contributed by atoms with E-state index in [-0.39, 0.29) is 23.9 Å². The molecule has 0 radical (unpaired) electrons. The molecule has 4 nitrogen and oxygen atoms in total. The molecule has 2 saturated heterocycles. The molecule has 0 saturated carbocycles. The fraction of sp³-hybridized carbons (Fsp3) is 0.923. The summed E-state index contributed by atoms with van der Waals surface area (Å²) < 4.78 is 5.42. The third-order valence-corrected chi connectivity index (χ3v) is 4.09. The number of hydrogen-bond acceptors (Lipinski definition) is 3. The second-order valence-corrected chi connectivity index (χ2v) is 5.26. The molecule has 5 heteroatoms. The van der Waals surface area contributed by atoms with Crippen molar-refractivity contribution in [1.29, 1.82) is 0 Å². The Balaban J connectivity index is 0.00000162. The zero-order chi connectivity index (χ0) is 12.1. The average Bonchev–Trinajstić information content (AvgIpc) is 2.87. The van der Waals surface area contributed by atoms with Crippen LogP contribution in [-0.4, -0.2) is 37.7 Å². The highest BCUT2D eigenvalue weighted by Crippen LogP contribution is 2.23. The van der Waals surface area contributed by atoms with Gasteiger partial charge < -0.3 is 15.4 Å². The maximum absolute atomic E-state index is 12.2. The van der Waals surface area contributed by atoms with Gasteiger partial charge in [-0.2, -0.15) is 0 Å². The van der Waals surface area contributed by atoms with Gasteiger partial charge in [-0.15, -0.1) is 12.4 Å². The second-order valence-electron chi connectivity index (χ2n) is 5.26. The first kappa shape index (κ1) is 15.7. The van der Waals surface area contributed by atoms with Crippen LogP contribution in [0.15, 0.2) is 0 Å². The van der Waals surface area contributed by atoms with Crippen LogP contribution in [0.5, 0.6) is 0 Å². The fourth-order valence-corrected chi connectivity index (χ4v) is 2.84. The van der Waals surface area contributed by atoms with Gasteiger partial charge in [-0.3, -0.25) is 4.79 Å². The summed E-state index contributed by atoms with van der Waals surface area (Å²) in [5, 5.41) is 6.47. The summed E-state index contributed by atoms with van der Waals surface area (Å²) in [6.45, 7) is 5.50. The summed E-state index contributed by atoms with van der Waals surface area (Å²) in [5.41, 5.74) is -0.296. The highest BCUT2D eigenvalue weighted by molar-refractivity contribution is 5.86. The number of nitrogens with one attached hydrogen (secondary N) is 2. The lowest BCUT2D eigenvalue weighted by molar-refractivity contribution is -0.127. The summed E-state index contributed by atoms with van der Waals surface area (Å²) in [6, 6.07) is 0. The molecular formula is C13H25ClN2O2. The average molecular weight is 277 g/mol. The van der Waals surface area contributed by atoms with Gasteiger partial charge in [-0.25, -0.2) is 0 Å². The number of carbonyl (C=O) groups is 1. The van der Waals surface area contributed by atoms with Crippen LogP contribution in [0.1, 0.15) is 39.0 Å². The van der Waals surface area contributed by atoms with Gasteiger partial charge in [0, 0.05) is 13.2 Å². The second kappa shape index (κ2) is 7.31. The quantitative estimate of drug-likeness (QED) is 0.818. The molecule has 106 valence electrons. The number of halogens is 1. The molecule has 2 atom stereocenters. The van der Waals surface area contributed by atoms with Gasteiger partial charge >= 0.3 is 0 Å². The molecule has 18 heavy (non-hydrogen) atoms. The van der Waals surface area contributed by atoms with Crippen LogP contribution in [0, 0.1) is 5.92 Å². The lowest BCUT2D eigenvalue weighted by Gasteiger charge is -2.29. The predicted octanol–water partition coefficient (Wildman–Crippen LogP) is 1.48. The van der Waals surface area contributed by atoms with E-state index in [0.717, 1.165) is 52.0 Å².